The second kappa shape index (κ2) is 6.83. The van der Waals surface area contributed by atoms with E-state index in [1.807, 2.05) is 22.9 Å². The third-order valence-corrected chi connectivity index (χ3v) is 3.63. The van der Waals surface area contributed by atoms with E-state index in [2.05, 4.69) is 12.0 Å². The summed E-state index contributed by atoms with van der Waals surface area (Å²) in [6.45, 7) is 2.85. The lowest BCUT2D eigenvalue weighted by atomic mass is 10.0. The number of rotatable bonds is 6. The first-order valence-electron chi connectivity index (χ1n) is 6.81. The van der Waals surface area contributed by atoms with Crippen LogP contribution in [-0.2, 0) is 6.54 Å². The average Bonchev–Trinajstić information content (AvgIpc) is 2.87. The molecule has 2 rings (SSSR count). The van der Waals surface area contributed by atoms with E-state index in [1.54, 1.807) is 20.4 Å². The summed E-state index contributed by atoms with van der Waals surface area (Å²) in [5.74, 6) is 1.39. The smallest absolute Gasteiger partial charge is 0.127 e. The van der Waals surface area contributed by atoms with Crippen molar-refractivity contribution in [3.8, 4) is 11.5 Å². The Balaban J connectivity index is 2.44. The number of ether oxygens (including phenoxy) is 2. The number of benzene rings is 1. The van der Waals surface area contributed by atoms with E-state index < -0.39 is 6.04 Å². The molecule has 21 heavy (non-hydrogen) atoms. The second-order valence-electron chi connectivity index (χ2n) is 4.69. The van der Waals surface area contributed by atoms with Gasteiger partial charge in [-0.1, -0.05) is 18.5 Å². The SMILES string of the molecule is CCCn1ncc(Cl)c1C(N)c1ccc(OC)cc1OC. The lowest BCUT2D eigenvalue weighted by Crippen LogP contribution is -2.18. The molecule has 6 heteroatoms. The molecular weight excluding hydrogens is 290 g/mol. The molecule has 0 aliphatic heterocycles. The minimum Gasteiger partial charge on any atom is -0.497 e. The van der Waals surface area contributed by atoms with Crippen molar-refractivity contribution in [3.63, 3.8) is 0 Å². The van der Waals surface area contributed by atoms with Crippen LogP contribution in [0.4, 0.5) is 0 Å². The summed E-state index contributed by atoms with van der Waals surface area (Å²) in [6.07, 6.45) is 2.58. The minimum atomic E-state index is -0.410. The summed E-state index contributed by atoms with van der Waals surface area (Å²) in [6, 6.07) is 5.14. The first-order valence-corrected chi connectivity index (χ1v) is 7.18. The fourth-order valence-corrected chi connectivity index (χ4v) is 2.55. The molecular formula is C15H20ClN3O2. The molecule has 0 saturated heterocycles. The maximum atomic E-state index is 6.39. The van der Waals surface area contributed by atoms with Crippen molar-refractivity contribution in [2.45, 2.75) is 25.9 Å². The summed E-state index contributed by atoms with van der Waals surface area (Å²) < 4.78 is 12.5. The van der Waals surface area contributed by atoms with Gasteiger partial charge in [0.15, 0.2) is 0 Å². The minimum absolute atomic E-state index is 0.410. The maximum Gasteiger partial charge on any atom is 0.127 e. The Morgan fingerprint density at radius 1 is 1.33 bits per heavy atom. The number of nitrogens with zero attached hydrogens (tertiary/aromatic N) is 2. The van der Waals surface area contributed by atoms with Gasteiger partial charge in [-0.15, -0.1) is 0 Å². The van der Waals surface area contributed by atoms with Crippen LogP contribution in [-0.4, -0.2) is 24.0 Å². The monoisotopic (exact) mass is 309 g/mol. The van der Waals surface area contributed by atoms with Gasteiger partial charge >= 0.3 is 0 Å². The summed E-state index contributed by atoms with van der Waals surface area (Å²) in [5.41, 5.74) is 8.03. The number of aromatic nitrogens is 2. The standard InChI is InChI=1S/C15H20ClN3O2/c1-4-7-19-15(12(16)9-18-19)14(17)11-6-5-10(20-2)8-13(11)21-3/h5-6,8-9,14H,4,7,17H2,1-3H3. The molecule has 114 valence electrons. The number of aryl methyl sites for hydroxylation is 1. The molecule has 1 unspecified atom stereocenters. The first-order chi connectivity index (χ1) is 10.1. The highest BCUT2D eigenvalue weighted by Gasteiger charge is 2.21. The Bertz CT molecular complexity index is 613. The van der Waals surface area contributed by atoms with Crippen LogP contribution in [0.2, 0.25) is 5.02 Å². The molecule has 2 N–H and O–H groups in total. The summed E-state index contributed by atoms with van der Waals surface area (Å²) in [5, 5.41) is 4.84. The van der Waals surface area contributed by atoms with Crippen LogP contribution in [0.1, 0.15) is 30.6 Å². The highest BCUT2D eigenvalue weighted by molar-refractivity contribution is 6.31. The first kappa shape index (κ1) is 15.7. The highest BCUT2D eigenvalue weighted by Crippen LogP contribution is 2.34. The Hall–Kier alpha value is -1.72. The molecule has 1 aromatic heterocycles. The van der Waals surface area contributed by atoms with Crippen LogP contribution in [0.15, 0.2) is 24.4 Å². The largest absolute Gasteiger partial charge is 0.497 e. The van der Waals surface area contributed by atoms with Gasteiger partial charge in [-0.05, 0) is 18.6 Å². The van der Waals surface area contributed by atoms with Crippen molar-refractivity contribution in [2.75, 3.05) is 14.2 Å². The summed E-state index contributed by atoms with van der Waals surface area (Å²) in [4.78, 5) is 0. The Morgan fingerprint density at radius 2 is 2.10 bits per heavy atom. The normalized spacial score (nSPS) is 12.2. The van der Waals surface area contributed by atoms with E-state index in [4.69, 9.17) is 26.8 Å². The topological polar surface area (TPSA) is 62.3 Å². The number of hydrogen-bond donors (Lipinski definition) is 1. The number of hydrogen-bond acceptors (Lipinski definition) is 4. The fraction of sp³-hybridized carbons (Fsp3) is 0.400. The van der Waals surface area contributed by atoms with E-state index in [0.717, 1.165) is 30.0 Å². The van der Waals surface area contributed by atoms with Crippen molar-refractivity contribution in [1.82, 2.24) is 9.78 Å². The zero-order valence-corrected chi connectivity index (χ0v) is 13.2. The molecule has 0 aliphatic carbocycles. The second-order valence-corrected chi connectivity index (χ2v) is 5.09. The molecule has 0 aliphatic rings. The van der Waals surface area contributed by atoms with Crippen LogP contribution >= 0.6 is 11.6 Å². The summed E-state index contributed by atoms with van der Waals surface area (Å²) in [7, 11) is 3.22. The predicted octanol–water partition coefficient (Wildman–Crippen LogP) is 3.01. The van der Waals surface area contributed by atoms with Crippen molar-refractivity contribution >= 4 is 11.6 Å². The molecule has 5 nitrogen and oxygen atoms in total. The quantitative estimate of drug-likeness (QED) is 0.891. The number of halogens is 1. The highest BCUT2D eigenvalue weighted by atomic mass is 35.5. The van der Waals surface area contributed by atoms with Crippen molar-refractivity contribution < 1.29 is 9.47 Å². The van der Waals surface area contributed by atoms with Gasteiger partial charge in [-0.3, -0.25) is 4.68 Å². The molecule has 0 fully saturated rings. The van der Waals surface area contributed by atoms with Crippen LogP contribution in [0.25, 0.3) is 0 Å². The third kappa shape index (κ3) is 3.14. The molecule has 0 saturated carbocycles. The van der Waals surface area contributed by atoms with Crippen LogP contribution < -0.4 is 15.2 Å². The van der Waals surface area contributed by atoms with E-state index in [9.17, 15) is 0 Å². The van der Waals surface area contributed by atoms with E-state index in [-0.39, 0.29) is 0 Å². The Labute approximate surface area is 129 Å². The van der Waals surface area contributed by atoms with Gasteiger partial charge in [0.05, 0.1) is 37.2 Å². The van der Waals surface area contributed by atoms with Crippen LogP contribution in [0.5, 0.6) is 11.5 Å². The van der Waals surface area contributed by atoms with Crippen molar-refractivity contribution in [2.24, 2.45) is 5.73 Å². The number of methoxy groups -OCH3 is 2. The zero-order valence-electron chi connectivity index (χ0n) is 12.5. The predicted molar refractivity (Wildman–Crippen MR) is 83.1 cm³/mol. The molecule has 0 bridgehead atoms. The Kier molecular flexibility index (Phi) is 5.09. The van der Waals surface area contributed by atoms with Gasteiger partial charge in [0.1, 0.15) is 11.5 Å². The third-order valence-electron chi connectivity index (χ3n) is 3.34. The molecule has 1 aromatic carbocycles. The van der Waals surface area contributed by atoms with Gasteiger partial charge in [-0.25, -0.2) is 0 Å². The summed E-state index contributed by atoms with van der Waals surface area (Å²) >= 11 is 6.25. The van der Waals surface area contributed by atoms with Crippen molar-refractivity contribution in [3.05, 3.63) is 40.7 Å². The van der Waals surface area contributed by atoms with E-state index >= 15 is 0 Å². The molecule has 1 heterocycles. The zero-order chi connectivity index (χ0) is 15.4. The van der Waals surface area contributed by atoms with Crippen LogP contribution in [0, 0.1) is 0 Å². The number of nitrogens with two attached hydrogens (primary N) is 1. The molecule has 0 amide bonds. The average molecular weight is 310 g/mol. The lowest BCUT2D eigenvalue weighted by molar-refractivity contribution is 0.389. The van der Waals surface area contributed by atoms with Gasteiger partial charge in [-0.2, -0.15) is 5.10 Å². The van der Waals surface area contributed by atoms with E-state index in [0.29, 0.717) is 10.8 Å². The van der Waals surface area contributed by atoms with Gasteiger partial charge < -0.3 is 15.2 Å². The Morgan fingerprint density at radius 3 is 2.71 bits per heavy atom. The molecule has 2 aromatic rings. The lowest BCUT2D eigenvalue weighted by Gasteiger charge is -2.18. The van der Waals surface area contributed by atoms with Gasteiger partial charge in [0, 0.05) is 18.2 Å². The maximum absolute atomic E-state index is 6.39. The van der Waals surface area contributed by atoms with Gasteiger partial charge in [0.25, 0.3) is 0 Å². The molecule has 0 spiro atoms. The van der Waals surface area contributed by atoms with Crippen LogP contribution in [0.3, 0.4) is 0 Å². The fourth-order valence-electron chi connectivity index (χ4n) is 2.29. The molecule has 1 atom stereocenters. The van der Waals surface area contributed by atoms with E-state index in [1.165, 1.54) is 0 Å². The molecule has 0 radical (unpaired) electrons. The van der Waals surface area contributed by atoms with Gasteiger partial charge in [0.2, 0.25) is 0 Å². The van der Waals surface area contributed by atoms with Crippen molar-refractivity contribution in [1.29, 1.82) is 0 Å².